The third-order valence-electron chi connectivity index (χ3n) is 3.36. The molecule has 2 aliphatic rings. The largest absolute Gasteiger partial charge is 0.444 e. The summed E-state index contributed by atoms with van der Waals surface area (Å²) in [6.07, 6.45) is -4.00. The monoisotopic (exact) mass is 280 g/mol. The first-order valence-electron chi connectivity index (χ1n) is 6.35. The zero-order chi connectivity index (χ0) is 14.4. The fraction of sp³-hybridized carbons (Fsp3) is 0.917. The van der Waals surface area contributed by atoms with Crippen molar-refractivity contribution < 1.29 is 22.7 Å². The Kier molecular flexibility index (Phi) is 3.45. The predicted molar refractivity (Wildman–Crippen MR) is 62.8 cm³/mol. The van der Waals surface area contributed by atoms with E-state index in [1.54, 1.807) is 25.7 Å². The molecule has 0 aromatic carbocycles. The maximum absolute atomic E-state index is 12.4. The van der Waals surface area contributed by atoms with E-state index >= 15 is 0 Å². The Balaban J connectivity index is 1.91. The van der Waals surface area contributed by atoms with Crippen LogP contribution in [0.25, 0.3) is 0 Å². The van der Waals surface area contributed by atoms with E-state index in [9.17, 15) is 18.0 Å². The molecule has 2 fully saturated rings. The fourth-order valence-electron chi connectivity index (χ4n) is 2.72. The molecule has 1 amide bonds. The second-order valence-corrected chi connectivity index (χ2v) is 6.22. The molecule has 0 aliphatic carbocycles. The lowest BCUT2D eigenvalue weighted by Gasteiger charge is -2.35. The number of rotatable bonds is 1. The molecule has 0 radical (unpaired) electrons. The summed E-state index contributed by atoms with van der Waals surface area (Å²) in [6, 6.07) is -0.346. The van der Waals surface area contributed by atoms with Gasteiger partial charge in [0, 0.05) is 25.2 Å². The number of carbonyl (C=O) groups excluding carboxylic acids is 1. The minimum Gasteiger partial charge on any atom is -0.444 e. The number of piperazine rings is 1. The van der Waals surface area contributed by atoms with E-state index in [4.69, 9.17) is 4.74 Å². The molecule has 2 rings (SSSR count). The molecule has 2 atom stereocenters. The van der Waals surface area contributed by atoms with Crippen molar-refractivity contribution in [3.63, 3.8) is 0 Å². The first kappa shape index (κ1) is 14.4. The zero-order valence-corrected chi connectivity index (χ0v) is 11.3. The number of alkyl halides is 3. The van der Waals surface area contributed by atoms with Crippen molar-refractivity contribution in [2.75, 3.05) is 19.6 Å². The van der Waals surface area contributed by atoms with E-state index in [2.05, 4.69) is 0 Å². The zero-order valence-electron chi connectivity index (χ0n) is 11.3. The van der Waals surface area contributed by atoms with Crippen molar-refractivity contribution in [1.29, 1.82) is 0 Å². The highest BCUT2D eigenvalue weighted by molar-refractivity contribution is 5.69. The summed E-state index contributed by atoms with van der Waals surface area (Å²) >= 11 is 0. The van der Waals surface area contributed by atoms with Crippen molar-refractivity contribution in [2.45, 2.75) is 51.1 Å². The van der Waals surface area contributed by atoms with Gasteiger partial charge in [0.1, 0.15) is 5.60 Å². The molecule has 0 saturated carbocycles. The number of fused-ring (bicyclic) bond motifs is 2. The number of hydrogen-bond donors (Lipinski definition) is 0. The lowest BCUT2D eigenvalue weighted by Crippen LogP contribution is -2.51. The Hall–Kier alpha value is -0.980. The van der Waals surface area contributed by atoms with Crippen LogP contribution >= 0.6 is 0 Å². The van der Waals surface area contributed by atoms with Crippen molar-refractivity contribution in [3.8, 4) is 0 Å². The van der Waals surface area contributed by atoms with Crippen LogP contribution in [0.5, 0.6) is 0 Å². The van der Waals surface area contributed by atoms with Crippen LogP contribution in [-0.2, 0) is 4.74 Å². The lowest BCUT2D eigenvalue weighted by molar-refractivity contribution is -0.150. The van der Waals surface area contributed by atoms with Gasteiger partial charge in [-0.1, -0.05) is 0 Å². The van der Waals surface area contributed by atoms with Crippen LogP contribution in [0, 0.1) is 0 Å². The van der Waals surface area contributed by atoms with Gasteiger partial charge in [-0.25, -0.2) is 4.79 Å². The van der Waals surface area contributed by atoms with Crippen LogP contribution in [0.4, 0.5) is 18.0 Å². The highest BCUT2D eigenvalue weighted by Gasteiger charge is 2.49. The number of ether oxygens (including phenoxy) is 1. The van der Waals surface area contributed by atoms with Gasteiger partial charge in [0.2, 0.25) is 0 Å². The van der Waals surface area contributed by atoms with Crippen LogP contribution in [0.2, 0.25) is 0 Å². The van der Waals surface area contributed by atoms with Gasteiger partial charge in [-0.15, -0.1) is 0 Å². The van der Waals surface area contributed by atoms with Crippen molar-refractivity contribution in [3.05, 3.63) is 0 Å². The molecule has 2 bridgehead atoms. The van der Waals surface area contributed by atoms with Gasteiger partial charge in [0.05, 0.1) is 6.54 Å². The van der Waals surface area contributed by atoms with Gasteiger partial charge < -0.3 is 9.64 Å². The van der Waals surface area contributed by atoms with Gasteiger partial charge in [-0.3, -0.25) is 4.90 Å². The molecule has 7 heteroatoms. The van der Waals surface area contributed by atoms with E-state index in [0.29, 0.717) is 13.0 Å². The molecule has 2 aliphatic heterocycles. The molecule has 0 aromatic heterocycles. The molecular weight excluding hydrogens is 261 g/mol. The molecular formula is C12H19F3N2O2. The molecule has 2 heterocycles. The predicted octanol–water partition coefficient (Wildman–Crippen LogP) is 2.24. The molecule has 0 spiro atoms. The number of halogens is 3. The van der Waals surface area contributed by atoms with E-state index < -0.39 is 24.4 Å². The SMILES string of the molecule is CC(C)(C)OC(=O)N1C[C@@H]2C[C@H]1CN2CC(F)(F)F. The van der Waals surface area contributed by atoms with Crippen LogP contribution in [0.15, 0.2) is 0 Å². The lowest BCUT2D eigenvalue weighted by atomic mass is 10.2. The second-order valence-electron chi connectivity index (χ2n) is 6.22. The summed E-state index contributed by atoms with van der Waals surface area (Å²) in [5.74, 6) is 0. The van der Waals surface area contributed by atoms with E-state index in [0.717, 1.165) is 0 Å². The summed E-state index contributed by atoms with van der Waals surface area (Å²) in [4.78, 5) is 14.9. The molecule has 0 unspecified atom stereocenters. The van der Waals surface area contributed by atoms with Gasteiger partial charge in [-0.05, 0) is 27.2 Å². The topological polar surface area (TPSA) is 32.8 Å². The van der Waals surface area contributed by atoms with Gasteiger partial charge in [-0.2, -0.15) is 13.2 Å². The Labute approximate surface area is 110 Å². The van der Waals surface area contributed by atoms with Gasteiger partial charge in [0.15, 0.2) is 0 Å². The second kappa shape index (κ2) is 4.54. The van der Waals surface area contributed by atoms with E-state index in [1.165, 1.54) is 4.90 Å². The maximum atomic E-state index is 12.4. The molecule has 110 valence electrons. The Bertz CT molecular complexity index is 365. The Morgan fingerprint density at radius 2 is 1.84 bits per heavy atom. The third kappa shape index (κ3) is 3.52. The molecule has 0 aromatic rings. The van der Waals surface area contributed by atoms with Crippen molar-refractivity contribution in [1.82, 2.24) is 9.80 Å². The normalized spacial score (nSPS) is 28.0. The quantitative estimate of drug-likeness (QED) is 0.738. The van der Waals surface area contributed by atoms with E-state index in [1.807, 2.05) is 0 Å². The minimum atomic E-state index is -4.18. The van der Waals surface area contributed by atoms with Crippen LogP contribution in [-0.4, -0.2) is 59.4 Å². The summed E-state index contributed by atoms with van der Waals surface area (Å²) < 4.78 is 42.3. The average Bonchev–Trinajstić information content (AvgIpc) is 2.70. The van der Waals surface area contributed by atoms with Crippen LogP contribution in [0.3, 0.4) is 0 Å². The molecule has 4 nitrogen and oxygen atoms in total. The fourth-order valence-corrected chi connectivity index (χ4v) is 2.72. The molecule has 2 saturated heterocycles. The van der Waals surface area contributed by atoms with Crippen LogP contribution in [0.1, 0.15) is 27.2 Å². The first-order chi connectivity index (χ1) is 8.55. The van der Waals surface area contributed by atoms with Crippen LogP contribution < -0.4 is 0 Å². The van der Waals surface area contributed by atoms with Crippen molar-refractivity contribution in [2.24, 2.45) is 0 Å². The molecule has 19 heavy (non-hydrogen) atoms. The van der Waals surface area contributed by atoms with Gasteiger partial charge in [0.25, 0.3) is 0 Å². The first-order valence-corrected chi connectivity index (χ1v) is 6.35. The summed E-state index contributed by atoms with van der Waals surface area (Å²) in [7, 11) is 0. The number of amides is 1. The highest BCUT2D eigenvalue weighted by atomic mass is 19.4. The molecule has 0 N–H and O–H groups in total. The van der Waals surface area contributed by atoms with E-state index in [-0.39, 0.29) is 18.6 Å². The smallest absolute Gasteiger partial charge is 0.410 e. The van der Waals surface area contributed by atoms with Gasteiger partial charge >= 0.3 is 12.3 Å². The Morgan fingerprint density at radius 3 is 2.26 bits per heavy atom. The summed E-state index contributed by atoms with van der Waals surface area (Å²) in [5.41, 5.74) is -0.579. The summed E-state index contributed by atoms with van der Waals surface area (Å²) in [5, 5.41) is 0. The third-order valence-corrected chi connectivity index (χ3v) is 3.36. The standard InChI is InChI=1S/C12H19F3N2O2/c1-11(2,3)19-10(18)17-6-8-4-9(17)5-16(8)7-12(13,14)15/h8-9H,4-7H2,1-3H3/t8-,9-/m0/s1. The number of carbonyl (C=O) groups is 1. The summed E-state index contributed by atoms with van der Waals surface area (Å²) in [6.45, 7) is 5.04. The minimum absolute atomic E-state index is 0.151. The number of nitrogens with zero attached hydrogens (tertiary/aromatic N) is 2. The Morgan fingerprint density at radius 1 is 1.21 bits per heavy atom. The maximum Gasteiger partial charge on any atom is 0.410 e. The number of likely N-dealkylation sites (tertiary alicyclic amines) is 2. The number of hydrogen-bond acceptors (Lipinski definition) is 3. The van der Waals surface area contributed by atoms with Crippen molar-refractivity contribution >= 4 is 6.09 Å². The average molecular weight is 280 g/mol. The highest BCUT2D eigenvalue weighted by Crippen LogP contribution is 2.33.